The van der Waals surface area contributed by atoms with Crippen molar-refractivity contribution >= 4 is 5.78 Å². The molecular formula is C15H22O. The highest BCUT2D eigenvalue weighted by atomic mass is 16.1. The van der Waals surface area contributed by atoms with Crippen molar-refractivity contribution < 1.29 is 4.79 Å². The Hall–Kier alpha value is -0.850. The fourth-order valence-corrected chi connectivity index (χ4v) is 3.74. The Morgan fingerprint density at radius 2 is 2.06 bits per heavy atom. The third-order valence-electron chi connectivity index (χ3n) is 4.39. The average Bonchev–Trinajstić information content (AvgIpc) is 2.67. The van der Waals surface area contributed by atoms with Gasteiger partial charge in [-0.25, -0.2) is 0 Å². The Labute approximate surface area is 98.6 Å². The molecule has 2 aliphatic rings. The Kier molecular flexibility index (Phi) is 3.32. The Morgan fingerprint density at radius 3 is 2.69 bits per heavy atom. The Balaban J connectivity index is 2.31. The lowest BCUT2D eigenvalue weighted by molar-refractivity contribution is -0.121. The monoisotopic (exact) mass is 218 g/mol. The maximum absolute atomic E-state index is 12.2. The zero-order valence-corrected chi connectivity index (χ0v) is 10.5. The molecule has 0 aromatic heterocycles. The summed E-state index contributed by atoms with van der Waals surface area (Å²) in [6.07, 6.45) is 13.5. The van der Waals surface area contributed by atoms with Gasteiger partial charge in [-0.2, -0.15) is 0 Å². The molecule has 1 unspecified atom stereocenters. The molecular weight excluding hydrogens is 196 g/mol. The van der Waals surface area contributed by atoms with E-state index in [2.05, 4.69) is 13.0 Å². The van der Waals surface area contributed by atoms with Crippen LogP contribution in [0.15, 0.2) is 23.8 Å². The summed E-state index contributed by atoms with van der Waals surface area (Å²) in [6.45, 7) is 4.08. The molecule has 0 aliphatic heterocycles. The second-order valence-electron chi connectivity index (χ2n) is 5.39. The smallest absolute Gasteiger partial charge is 0.163 e. The first-order chi connectivity index (χ1) is 7.69. The van der Waals surface area contributed by atoms with Crippen LogP contribution in [0.5, 0.6) is 0 Å². The summed E-state index contributed by atoms with van der Waals surface area (Å²) in [4.78, 5) is 12.2. The Morgan fingerprint density at radius 1 is 1.38 bits per heavy atom. The van der Waals surface area contributed by atoms with Gasteiger partial charge < -0.3 is 0 Å². The first kappa shape index (κ1) is 11.6. The van der Waals surface area contributed by atoms with E-state index in [1.165, 1.54) is 44.1 Å². The van der Waals surface area contributed by atoms with Crippen LogP contribution in [0, 0.1) is 11.3 Å². The van der Waals surface area contributed by atoms with Crippen LogP contribution in [0.25, 0.3) is 0 Å². The fraction of sp³-hybridized carbons (Fsp3) is 0.667. The molecule has 1 saturated carbocycles. The van der Waals surface area contributed by atoms with Gasteiger partial charge in [0.15, 0.2) is 5.78 Å². The molecule has 1 atom stereocenters. The van der Waals surface area contributed by atoms with Crippen LogP contribution >= 0.6 is 0 Å². The largest absolute Gasteiger partial charge is 0.294 e. The zero-order chi connectivity index (χ0) is 11.6. The molecule has 0 amide bonds. The van der Waals surface area contributed by atoms with Gasteiger partial charge in [-0.1, -0.05) is 30.6 Å². The van der Waals surface area contributed by atoms with Crippen molar-refractivity contribution in [3.8, 4) is 0 Å². The van der Waals surface area contributed by atoms with Crippen LogP contribution in [0.2, 0.25) is 0 Å². The van der Waals surface area contributed by atoms with E-state index in [9.17, 15) is 4.79 Å². The number of carbonyl (C=O) groups excluding carboxylic acids is 1. The summed E-state index contributed by atoms with van der Waals surface area (Å²) in [5, 5.41) is 0. The van der Waals surface area contributed by atoms with E-state index in [0.29, 0.717) is 11.2 Å². The topological polar surface area (TPSA) is 17.1 Å². The van der Waals surface area contributed by atoms with E-state index < -0.39 is 0 Å². The van der Waals surface area contributed by atoms with Crippen molar-refractivity contribution in [2.24, 2.45) is 11.3 Å². The number of rotatable bonds is 2. The maximum Gasteiger partial charge on any atom is 0.163 e. The summed E-state index contributed by atoms with van der Waals surface area (Å²) < 4.78 is 0. The Bertz CT molecular complexity index is 329. The van der Waals surface area contributed by atoms with Crippen LogP contribution in [0.3, 0.4) is 0 Å². The number of hydrogen-bond donors (Lipinski definition) is 0. The summed E-state index contributed by atoms with van der Waals surface area (Å²) in [7, 11) is 0. The highest BCUT2D eigenvalue weighted by Crippen LogP contribution is 2.53. The fourth-order valence-electron chi connectivity index (χ4n) is 3.74. The normalized spacial score (nSPS) is 28.6. The SMILES string of the molecule is CC=CC(=O)C1C(C)=CCCC12CCCC2. The molecule has 88 valence electrons. The third kappa shape index (κ3) is 1.88. The van der Waals surface area contributed by atoms with E-state index in [1.807, 2.05) is 13.0 Å². The summed E-state index contributed by atoms with van der Waals surface area (Å²) in [5.74, 6) is 0.512. The molecule has 0 aromatic rings. The van der Waals surface area contributed by atoms with Crippen molar-refractivity contribution in [2.75, 3.05) is 0 Å². The van der Waals surface area contributed by atoms with Gasteiger partial charge in [0, 0.05) is 5.92 Å². The van der Waals surface area contributed by atoms with Gasteiger partial charge in [0.05, 0.1) is 0 Å². The van der Waals surface area contributed by atoms with Crippen LogP contribution in [0.4, 0.5) is 0 Å². The molecule has 2 rings (SSSR count). The molecule has 0 bridgehead atoms. The number of ketones is 1. The van der Waals surface area contributed by atoms with E-state index >= 15 is 0 Å². The maximum atomic E-state index is 12.2. The van der Waals surface area contributed by atoms with E-state index in [4.69, 9.17) is 0 Å². The van der Waals surface area contributed by atoms with Gasteiger partial charge in [0.2, 0.25) is 0 Å². The minimum Gasteiger partial charge on any atom is -0.294 e. The van der Waals surface area contributed by atoms with Gasteiger partial charge >= 0.3 is 0 Å². The van der Waals surface area contributed by atoms with Crippen molar-refractivity contribution in [1.29, 1.82) is 0 Å². The summed E-state index contributed by atoms with van der Waals surface area (Å²) in [6, 6.07) is 0. The van der Waals surface area contributed by atoms with Gasteiger partial charge in [0.1, 0.15) is 0 Å². The van der Waals surface area contributed by atoms with E-state index in [1.54, 1.807) is 6.08 Å². The van der Waals surface area contributed by atoms with Crippen LogP contribution in [-0.2, 0) is 4.79 Å². The minimum atomic E-state index is 0.181. The lowest BCUT2D eigenvalue weighted by Crippen LogP contribution is -2.36. The van der Waals surface area contributed by atoms with Crippen molar-refractivity contribution in [2.45, 2.75) is 52.4 Å². The number of allylic oxidation sites excluding steroid dienone is 4. The molecule has 0 saturated heterocycles. The van der Waals surface area contributed by atoms with Crippen molar-refractivity contribution in [1.82, 2.24) is 0 Å². The molecule has 16 heavy (non-hydrogen) atoms. The molecule has 0 radical (unpaired) electrons. The number of hydrogen-bond acceptors (Lipinski definition) is 1. The van der Waals surface area contributed by atoms with Crippen LogP contribution in [-0.4, -0.2) is 5.78 Å². The summed E-state index contributed by atoms with van der Waals surface area (Å²) in [5.41, 5.74) is 1.63. The predicted molar refractivity (Wildman–Crippen MR) is 67.2 cm³/mol. The van der Waals surface area contributed by atoms with E-state index in [0.717, 1.165) is 0 Å². The minimum absolute atomic E-state index is 0.181. The molecule has 0 aromatic carbocycles. The molecule has 1 spiro atoms. The highest BCUT2D eigenvalue weighted by Gasteiger charge is 2.45. The third-order valence-corrected chi connectivity index (χ3v) is 4.39. The van der Waals surface area contributed by atoms with Crippen LogP contribution < -0.4 is 0 Å². The standard InChI is InChI=1S/C15H22O/c1-3-7-13(16)14-12(2)8-6-11-15(14)9-4-5-10-15/h3,7-8,14H,4-6,9-11H2,1-2H3. The lowest BCUT2D eigenvalue weighted by atomic mass is 9.63. The summed E-state index contributed by atoms with van der Waals surface area (Å²) >= 11 is 0. The first-order valence-electron chi connectivity index (χ1n) is 6.53. The van der Waals surface area contributed by atoms with E-state index in [-0.39, 0.29) is 5.92 Å². The second-order valence-corrected chi connectivity index (χ2v) is 5.39. The first-order valence-corrected chi connectivity index (χ1v) is 6.53. The van der Waals surface area contributed by atoms with Gasteiger partial charge in [-0.15, -0.1) is 0 Å². The molecule has 1 heteroatoms. The molecule has 0 N–H and O–H groups in total. The molecule has 1 fully saturated rings. The molecule has 0 heterocycles. The predicted octanol–water partition coefficient (Wildman–Crippen LogP) is 4.05. The number of carbonyl (C=O) groups is 1. The van der Waals surface area contributed by atoms with Crippen LogP contribution in [0.1, 0.15) is 52.4 Å². The lowest BCUT2D eigenvalue weighted by Gasteiger charge is -2.40. The van der Waals surface area contributed by atoms with Gasteiger partial charge in [-0.05, 0) is 51.0 Å². The zero-order valence-electron chi connectivity index (χ0n) is 10.5. The molecule has 2 aliphatic carbocycles. The van der Waals surface area contributed by atoms with Crippen molar-refractivity contribution in [3.05, 3.63) is 23.8 Å². The quantitative estimate of drug-likeness (QED) is 0.505. The van der Waals surface area contributed by atoms with Crippen molar-refractivity contribution in [3.63, 3.8) is 0 Å². The molecule has 1 nitrogen and oxygen atoms in total. The highest BCUT2D eigenvalue weighted by molar-refractivity contribution is 5.94. The van der Waals surface area contributed by atoms with Gasteiger partial charge in [0.25, 0.3) is 0 Å². The van der Waals surface area contributed by atoms with Gasteiger partial charge in [-0.3, -0.25) is 4.79 Å². The second kappa shape index (κ2) is 4.57. The average molecular weight is 218 g/mol.